The molecule has 0 aliphatic rings. The first-order valence-corrected chi connectivity index (χ1v) is 9.97. The molecule has 0 fully saturated rings. The van der Waals surface area contributed by atoms with Crippen molar-refractivity contribution < 1.29 is 14.0 Å². The monoisotopic (exact) mass is 417 g/mol. The number of nitrogens with one attached hydrogen (secondary N) is 2. The smallest absolute Gasteiger partial charge is 0.262 e. The van der Waals surface area contributed by atoms with Crippen LogP contribution in [-0.2, 0) is 11.2 Å². The number of hydrogen-bond donors (Lipinski definition) is 2. The van der Waals surface area contributed by atoms with Crippen LogP contribution in [0.5, 0.6) is 0 Å². The van der Waals surface area contributed by atoms with Crippen molar-refractivity contribution in [3.05, 3.63) is 57.3 Å². The Hall–Kier alpha value is -2.64. The molecular weight excluding hydrogens is 398 g/mol. The molecule has 2 aromatic heterocycles. The van der Waals surface area contributed by atoms with Crippen molar-refractivity contribution in [1.82, 2.24) is 10.3 Å². The van der Waals surface area contributed by atoms with Gasteiger partial charge >= 0.3 is 0 Å². The number of rotatable bonds is 6. The third-order valence-electron chi connectivity index (χ3n) is 4.18. The molecule has 0 atom stereocenters. The van der Waals surface area contributed by atoms with Crippen molar-refractivity contribution in [2.24, 2.45) is 0 Å². The molecule has 6 nitrogen and oxygen atoms in total. The number of carbonyl (C=O) groups excluding carboxylic acids is 2. The van der Waals surface area contributed by atoms with Gasteiger partial charge in [0.05, 0.1) is 16.3 Å². The maximum Gasteiger partial charge on any atom is 0.262 e. The van der Waals surface area contributed by atoms with Crippen LogP contribution in [0, 0.1) is 13.8 Å². The number of aryl methyl sites for hydroxylation is 2. The van der Waals surface area contributed by atoms with E-state index in [4.69, 9.17) is 16.0 Å². The van der Waals surface area contributed by atoms with E-state index in [9.17, 15) is 9.59 Å². The number of carbonyl (C=O) groups is 2. The van der Waals surface area contributed by atoms with Gasteiger partial charge < -0.3 is 9.73 Å². The van der Waals surface area contributed by atoms with Gasteiger partial charge in [0.15, 0.2) is 5.13 Å². The molecule has 0 saturated heterocycles. The molecule has 0 spiro atoms. The highest BCUT2D eigenvalue weighted by Crippen LogP contribution is 2.29. The minimum atomic E-state index is -0.339. The van der Waals surface area contributed by atoms with Crippen LogP contribution >= 0.6 is 22.9 Å². The number of furan rings is 1. The number of thiazole rings is 1. The van der Waals surface area contributed by atoms with Crippen molar-refractivity contribution in [2.75, 3.05) is 11.9 Å². The van der Waals surface area contributed by atoms with E-state index in [0.29, 0.717) is 33.8 Å². The number of hydrogen-bond acceptors (Lipinski definition) is 5. The van der Waals surface area contributed by atoms with Gasteiger partial charge in [0, 0.05) is 24.4 Å². The summed E-state index contributed by atoms with van der Waals surface area (Å²) in [6.45, 7) is 5.53. The molecule has 0 saturated carbocycles. The number of nitrogens with zero attached hydrogens (tertiary/aromatic N) is 1. The van der Waals surface area contributed by atoms with Gasteiger partial charge in [0.2, 0.25) is 5.91 Å². The van der Waals surface area contributed by atoms with E-state index in [2.05, 4.69) is 15.6 Å². The average molecular weight is 418 g/mol. The SMILES string of the molecule is CC(=O)NCCc1ccc(-c2csc(NC(=O)c3c(C)oc(C)c3Cl)n2)cc1. The Kier molecular flexibility index (Phi) is 6.16. The van der Waals surface area contributed by atoms with Crippen LogP contribution in [0.15, 0.2) is 34.1 Å². The molecule has 0 aliphatic heterocycles. The molecule has 2 amide bonds. The maximum absolute atomic E-state index is 12.5. The summed E-state index contributed by atoms with van der Waals surface area (Å²) >= 11 is 7.49. The normalized spacial score (nSPS) is 10.7. The highest BCUT2D eigenvalue weighted by molar-refractivity contribution is 7.14. The molecular formula is C20H20ClN3O3S. The Morgan fingerprint density at radius 1 is 1.18 bits per heavy atom. The lowest BCUT2D eigenvalue weighted by Crippen LogP contribution is -2.22. The van der Waals surface area contributed by atoms with Gasteiger partial charge in [-0.05, 0) is 25.8 Å². The van der Waals surface area contributed by atoms with Crippen molar-refractivity contribution in [1.29, 1.82) is 0 Å². The Morgan fingerprint density at radius 3 is 2.50 bits per heavy atom. The second-order valence-electron chi connectivity index (χ2n) is 6.33. The second kappa shape index (κ2) is 8.58. The molecule has 2 N–H and O–H groups in total. The number of anilines is 1. The van der Waals surface area contributed by atoms with E-state index in [0.717, 1.165) is 23.2 Å². The van der Waals surface area contributed by atoms with E-state index in [-0.39, 0.29) is 11.8 Å². The zero-order valence-corrected chi connectivity index (χ0v) is 17.3. The van der Waals surface area contributed by atoms with Crippen molar-refractivity contribution in [3.8, 4) is 11.3 Å². The van der Waals surface area contributed by atoms with Gasteiger partial charge in [-0.1, -0.05) is 35.9 Å². The van der Waals surface area contributed by atoms with Gasteiger partial charge in [-0.2, -0.15) is 0 Å². The van der Waals surface area contributed by atoms with E-state index < -0.39 is 0 Å². The molecule has 1 aromatic carbocycles. The van der Waals surface area contributed by atoms with Gasteiger partial charge in [-0.3, -0.25) is 14.9 Å². The lowest BCUT2D eigenvalue weighted by molar-refractivity contribution is -0.118. The fourth-order valence-corrected chi connectivity index (χ4v) is 3.74. The Morgan fingerprint density at radius 2 is 1.89 bits per heavy atom. The number of amides is 2. The van der Waals surface area contributed by atoms with Crippen LogP contribution in [-0.4, -0.2) is 23.3 Å². The summed E-state index contributed by atoms with van der Waals surface area (Å²) in [5, 5.41) is 8.25. The van der Waals surface area contributed by atoms with Crippen LogP contribution in [0.2, 0.25) is 5.02 Å². The molecule has 3 rings (SSSR count). The molecule has 28 heavy (non-hydrogen) atoms. The summed E-state index contributed by atoms with van der Waals surface area (Å²) in [6.07, 6.45) is 0.766. The predicted octanol–water partition coefficient (Wildman–Crippen LogP) is 4.60. The lowest BCUT2D eigenvalue weighted by Gasteiger charge is -2.04. The molecule has 2 heterocycles. The van der Waals surface area contributed by atoms with E-state index in [1.165, 1.54) is 18.3 Å². The molecule has 8 heteroatoms. The minimum Gasteiger partial charge on any atom is -0.464 e. The molecule has 146 valence electrons. The van der Waals surface area contributed by atoms with Crippen LogP contribution in [0.3, 0.4) is 0 Å². The van der Waals surface area contributed by atoms with Gasteiger partial charge in [-0.25, -0.2) is 4.98 Å². The summed E-state index contributed by atoms with van der Waals surface area (Å²) in [7, 11) is 0. The molecule has 0 aliphatic carbocycles. The Labute approximate surface area is 171 Å². The molecule has 0 bridgehead atoms. The molecule has 0 radical (unpaired) electrons. The summed E-state index contributed by atoms with van der Waals surface area (Å²) < 4.78 is 5.40. The highest BCUT2D eigenvalue weighted by atomic mass is 35.5. The Balaban J connectivity index is 1.66. The fourth-order valence-electron chi connectivity index (χ4n) is 2.76. The van der Waals surface area contributed by atoms with Crippen LogP contribution < -0.4 is 10.6 Å². The van der Waals surface area contributed by atoms with Crippen molar-refractivity contribution >= 4 is 39.9 Å². The third kappa shape index (κ3) is 4.61. The predicted molar refractivity (Wildman–Crippen MR) is 111 cm³/mol. The zero-order valence-electron chi connectivity index (χ0n) is 15.8. The number of benzene rings is 1. The first kappa shape index (κ1) is 20.1. The van der Waals surface area contributed by atoms with Gasteiger partial charge in [0.1, 0.15) is 11.5 Å². The Bertz CT molecular complexity index is 1010. The standard InChI is InChI=1S/C20H20ClN3O3S/c1-11-17(18(21)12(2)27-11)19(26)24-20-23-16(10-28-20)15-6-4-14(5-7-15)8-9-22-13(3)25/h4-7,10H,8-9H2,1-3H3,(H,22,25)(H,23,24,26). The molecule has 3 aromatic rings. The van der Waals surface area contributed by atoms with Crippen LogP contribution in [0.1, 0.15) is 34.4 Å². The van der Waals surface area contributed by atoms with E-state index in [1.54, 1.807) is 13.8 Å². The van der Waals surface area contributed by atoms with E-state index >= 15 is 0 Å². The first-order chi connectivity index (χ1) is 13.3. The average Bonchev–Trinajstić information content (AvgIpc) is 3.19. The highest BCUT2D eigenvalue weighted by Gasteiger charge is 2.21. The summed E-state index contributed by atoms with van der Waals surface area (Å²) in [5.41, 5.74) is 3.19. The van der Waals surface area contributed by atoms with Gasteiger partial charge in [-0.15, -0.1) is 11.3 Å². The number of aromatic nitrogens is 1. The quantitative estimate of drug-likeness (QED) is 0.613. The largest absolute Gasteiger partial charge is 0.464 e. The van der Waals surface area contributed by atoms with Gasteiger partial charge in [0.25, 0.3) is 5.91 Å². The first-order valence-electron chi connectivity index (χ1n) is 8.71. The number of halogens is 1. The minimum absolute atomic E-state index is 0.0317. The maximum atomic E-state index is 12.5. The van der Waals surface area contributed by atoms with Crippen molar-refractivity contribution in [3.63, 3.8) is 0 Å². The van der Waals surface area contributed by atoms with Crippen LogP contribution in [0.25, 0.3) is 11.3 Å². The zero-order chi connectivity index (χ0) is 20.3. The van der Waals surface area contributed by atoms with E-state index in [1.807, 2.05) is 29.6 Å². The summed E-state index contributed by atoms with van der Waals surface area (Å²) in [4.78, 5) is 27.9. The third-order valence-corrected chi connectivity index (χ3v) is 5.39. The topological polar surface area (TPSA) is 84.2 Å². The van der Waals surface area contributed by atoms with Crippen LogP contribution in [0.4, 0.5) is 5.13 Å². The van der Waals surface area contributed by atoms with Crippen molar-refractivity contribution in [2.45, 2.75) is 27.2 Å². The summed E-state index contributed by atoms with van der Waals surface area (Å²) in [6, 6.07) is 7.96. The fraction of sp³-hybridized carbons (Fsp3) is 0.250. The summed E-state index contributed by atoms with van der Waals surface area (Å²) in [5.74, 6) is 0.624. The molecule has 0 unspecified atom stereocenters. The second-order valence-corrected chi connectivity index (χ2v) is 7.56. The lowest BCUT2D eigenvalue weighted by atomic mass is 10.1.